The molecular formula is C29H33N3O. The van der Waals surface area contributed by atoms with E-state index < -0.39 is 0 Å². The van der Waals surface area contributed by atoms with Crippen LogP contribution in [0, 0.1) is 0 Å². The normalized spacial score (nSPS) is 18.9. The van der Waals surface area contributed by atoms with Gasteiger partial charge in [-0.15, -0.1) is 0 Å². The summed E-state index contributed by atoms with van der Waals surface area (Å²) in [4.78, 5) is 14.9. The van der Waals surface area contributed by atoms with Gasteiger partial charge in [-0.1, -0.05) is 54.6 Å². The molecule has 5 rings (SSSR count). The lowest BCUT2D eigenvalue weighted by molar-refractivity contribution is -0.117. The summed E-state index contributed by atoms with van der Waals surface area (Å²) in [6.45, 7) is 3.26. The Hall–Kier alpha value is -3.11. The Balaban J connectivity index is 1.31. The molecule has 2 fully saturated rings. The highest BCUT2D eigenvalue weighted by Gasteiger charge is 2.22. The SMILES string of the molecule is O=C(Nc1ccc(CC(c2ccccc2)c2ccc(N3CCCC3)cc2)cc1)C1CCCN1. The van der Waals surface area contributed by atoms with E-state index in [1.54, 1.807) is 0 Å². The average molecular weight is 440 g/mol. The first-order valence-electron chi connectivity index (χ1n) is 12.3. The number of carbonyl (C=O) groups is 1. The number of anilines is 2. The third-order valence-electron chi connectivity index (χ3n) is 7.01. The van der Waals surface area contributed by atoms with Gasteiger partial charge in [-0.2, -0.15) is 0 Å². The molecule has 33 heavy (non-hydrogen) atoms. The lowest BCUT2D eigenvalue weighted by atomic mass is 9.86. The summed E-state index contributed by atoms with van der Waals surface area (Å²) in [6.07, 6.45) is 5.49. The molecule has 170 valence electrons. The fourth-order valence-corrected chi connectivity index (χ4v) is 5.10. The standard InChI is InChI=1S/C29H33N3O/c33-29(28-9-6-18-30-28)31-25-14-10-22(11-15-25)21-27(23-7-2-1-3-8-23)24-12-16-26(17-13-24)32-19-4-5-20-32/h1-3,7-8,10-17,27-28,30H,4-6,9,18-21H2,(H,31,33). The largest absolute Gasteiger partial charge is 0.372 e. The van der Waals surface area contributed by atoms with Crippen molar-refractivity contribution in [3.8, 4) is 0 Å². The molecule has 2 aliphatic rings. The molecule has 2 heterocycles. The van der Waals surface area contributed by atoms with Gasteiger partial charge in [0.2, 0.25) is 5.91 Å². The summed E-state index contributed by atoms with van der Waals surface area (Å²) in [5.74, 6) is 0.363. The van der Waals surface area contributed by atoms with E-state index in [4.69, 9.17) is 0 Å². The molecule has 0 aliphatic carbocycles. The summed E-state index contributed by atoms with van der Waals surface area (Å²) in [5, 5.41) is 6.31. The Kier molecular flexibility index (Phi) is 6.73. The fourth-order valence-electron chi connectivity index (χ4n) is 5.10. The summed E-state index contributed by atoms with van der Waals surface area (Å²) in [6, 6.07) is 28.2. The highest BCUT2D eigenvalue weighted by Crippen LogP contribution is 2.31. The number of hydrogen-bond donors (Lipinski definition) is 2. The van der Waals surface area contributed by atoms with Gasteiger partial charge in [0.25, 0.3) is 0 Å². The van der Waals surface area contributed by atoms with Crippen molar-refractivity contribution in [3.05, 3.63) is 95.6 Å². The predicted octanol–water partition coefficient (Wildman–Crippen LogP) is 5.35. The van der Waals surface area contributed by atoms with E-state index in [0.29, 0.717) is 5.92 Å². The molecular weight excluding hydrogens is 406 g/mol. The van der Waals surface area contributed by atoms with Crippen LogP contribution in [0.2, 0.25) is 0 Å². The zero-order valence-electron chi connectivity index (χ0n) is 19.2. The molecule has 2 aliphatic heterocycles. The average Bonchev–Trinajstić information content (AvgIpc) is 3.59. The van der Waals surface area contributed by atoms with Gasteiger partial charge in [0.1, 0.15) is 0 Å². The molecule has 2 saturated heterocycles. The van der Waals surface area contributed by atoms with Crippen LogP contribution in [0.25, 0.3) is 0 Å². The highest BCUT2D eigenvalue weighted by atomic mass is 16.2. The Labute approximate surface area is 197 Å². The van der Waals surface area contributed by atoms with Crippen LogP contribution in [0.3, 0.4) is 0 Å². The Morgan fingerprint density at radius 3 is 2.24 bits per heavy atom. The molecule has 0 saturated carbocycles. The van der Waals surface area contributed by atoms with Crippen LogP contribution in [0.1, 0.15) is 48.3 Å². The molecule has 2 unspecified atom stereocenters. The van der Waals surface area contributed by atoms with Crippen LogP contribution >= 0.6 is 0 Å². The van der Waals surface area contributed by atoms with Gasteiger partial charge >= 0.3 is 0 Å². The van der Waals surface area contributed by atoms with Gasteiger partial charge < -0.3 is 15.5 Å². The number of carbonyl (C=O) groups excluding carboxylic acids is 1. The topological polar surface area (TPSA) is 44.4 Å². The van der Waals surface area contributed by atoms with Crippen molar-refractivity contribution in [3.63, 3.8) is 0 Å². The van der Waals surface area contributed by atoms with Crippen molar-refractivity contribution in [2.75, 3.05) is 29.9 Å². The first kappa shape index (κ1) is 21.7. The summed E-state index contributed by atoms with van der Waals surface area (Å²) < 4.78 is 0. The first-order chi connectivity index (χ1) is 16.3. The molecule has 1 amide bonds. The van der Waals surface area contributed by atoms with Crippen LogP contribution < -0.4 is 15.5 Å². The molecule has 2 atom stereocenters. The van der Waals surface area contributed by atoms with E-state index in [0.717, 1.165) is 31.5 Å². The lowest BCUT2D eigenvalue weighted by Gasteiger charge is -2.21. The van der Waals surface area contributed by atoms with E-state index >= 15 is 0 Å². The van der Waals surface area contributed by atoms with E-state index in [1.807, 2.05) is 12.1 Å². The van der Waals surface area contributed by atoms with Gasteiger partial charge in [-0.3, -0.25) is 4.79 Å². The number of nitrogens with zero attached hydrogens (tertiary/aromatic N) is 1. The maximum absolute atomic E-state index is 12.4. The minimum Gasteiger partial charge on any atom is -0.372 e. The number of nitrogens with one attached hydrogen (secondary N) is 2. The van der Waals surface area contributed by atoms with E-state index in [-0.39, 0.29) is 11.9 Å². The van der Waals surface area contributed by atoms with Crippen molar-refractivity contribution < 1.29 is 4.79 Å². The van der Waals surface area contributed by atoms with Gasteiger partial charge in [-0.25, -0.2) is 0 Å². The number of benzene rings is 3. The van der Waals surface area contributed by atoms with Crippen LogP contribution in [0.5, 0.6) is 0 Å². The quantitative estimate of drug-likeness (QED) is 0.521. The molecule has 4 nitrogen and oxygen atoms in total. The Morgan fingerprint density at radius 1 is 0.879 bits per heavy atom. The van der Waals surface area contributed by atoms with Gasteiger partial charge in [0, 0.05) is 30.4 Å². The summed E-state index contributed by atoms with van der Waals surface area (Å²) >= 11 is 0. The van der Waals surface area contributed by atoms with Crippen LogP contribution in [0.4, 0.5) is 11.4 Å². The zero-order valence-corrected chi connectivity index (χ0v) is 19.2. The number of rotatable bonds is 7. The van der Waals surface area contributed by atoms with Crippen LogP contribution in [0.15, 0.2) is 78.9 Å². The predicted molar refractivity (Wildman–Crippen MR) is 136 cm³/mol. The second-order valence-corrected chi connectivity index (χ2v) is 9.29. The minimum absolute atomic E-state index is 0.0596. The van der Waals surface area contributed by atoms with Gasteiger partial charge in [0.05, 0.1) is 6.04 Å². The van der Waals surface area contributed by atoms with E-state index in [1.165, 1.54) is 48.3 Å². The van der Waals surface area contributed by atoms with Crippen molar-refractivity contribution in [1.82, 2.24) is 5.32 Å². The molecule has 4 heteroatoms. The molecule has 0 spiro atoms. The molecule has 0 bridgehead atoms. The van der Waals surface area contributed by atoms with Gasteiger partial charge in [-0.05, 0) is 79.6 Å². The summed E-state index contributed by atoms with van der Waals surface area (Å²) in [7, 11) is 0. The molecule has 0 radical (unpaired) electrons. The fraction of sp³-hybridized carbons (Fsp3) is 0.345. The van der Waals surface area contributed by atoms with Crippen molar-refractivity contribution in [1.29, 1.82) is 0 Å². The van der Waals surface area contributed by atoms with Crippen LogP contribution in [-0.4, -0.2) is 31.6 Å². The van der Waals surface area contributed by atoms with Crippen LogP contribution in [-0.2, 0) is 11.2 Å². The lowest BCUT2D eigenvalue weighted by Crippen LogP contribution is -2.35. The zero-order chi connectivity index (χ0) is 22.5. The minimum atomic E-state index is -0.0596. The summed E-state index contributed by atoms with van der Waals surface area (Å²) in [5.41, 5.74) is 6.14. The Bertz CT molecular complexity index is 1030. The van der Waals surface area contributed by atoms with Crippen molar-refractivity contribution in [2.45, 2.75) is 44.1 Å². The molecule has 2 N–H and O–H groups in total. The van der Waals surface area contributed by atoms with Gasteiger partial charge in [0.15, 0.2) is 0 Å². The number of amides is 1. The smallest absolute Gasteiger partial charge is 0.241 e. The highest BCUT2D eigenvalue weighted by molar-refractivity contribution is 5.95. The second kappa shape index (κ2) is 10.2. The monoisotopic (exact) mass is 439 g/mol. The first-order valence-corrected chi connectivity index (χ1v) is 12.3. The Morgan fingerprint density at radius 2 is 1.58 bits per heavy atom. The number of hydrogen-bond acceptors (Lipinski definition) is 3. The molecule has 3 aromatic carbocycles. The van der Waals surface area contributed by atoms with E-state index in [9.17, 15) is 4.79 Å². The van der Waals surface area contributed by atoms with E-state index in [2.05, 4.69) is 82.3 Å². The molecule has 3 aromatic rings. The van der Waals surface area contributed by atoms with Crippen molar-refractivity contribution in [2.24, 2.45) is 0 Å². The second-order valence-electron chi connectivity index (χ2n) is 9.29. The van der Waals surface area contributed by atoms with Crippen molar-refractivity contribution >= 4 is 17.3 Å². The maximum Gasteiger partial charge on any atom is 0.241 e. The maximum atomic E-state index is 12.4. The third-order valence-corrected chi connectivity index (χ3v) is 7.01. The molecule has 0 aromatic heterocycles. The third kappa shape index (κ3) is 5.28.